The van der Waals surface area contributed by atoms with Crippen LogP contribution in [0.5, 0.6) is 5.75 Å². The average molecular weight is 283 g/mol. The number of ether oxygens (including phenoxy) is 4. The van der Waals surface area contributed by atoms with Crippen molar-refractivity contribution in [2.45, 2.75) is 13.3 Å². The summed E-state index contributed by atoms with van der Waals surface area (Å²) in [5.41, 5.74) is 6.31. The van der Waals surface area contributed by atoms with Gasteiger partial charge in [-0.3, -0.25) is 0 Å². The molecular weight excluding hydrogens is 258 g/mol. The fraction of sp³-hybridized carbons (Fsp3) is 0.600. The largest absolute Gasteiger partial charge is 0.491 e. The molecule has 114 valence electrons. The topological polar surface area (TPSA) is 62.9 Å². The van der Waals surface area contributed by atoms with Crippen molar-refractivity contribution >= 4 is 5.69 Å². The Bertz CT molecular complexity index is 329. The first-order valence-electron chi connectivity index (χ1n) is 7.04. The monoisotopic (exact) mass is 283 g/mol. The van der Waals surface area contributed by atoms with Crippen LogP contribution in [0, 0.1) is 0 Å². The lowest BCUT2D eigenvalue weighted by Gasteiger charge is -2.08. The minimum Gasteiger partial charge on any atom is -0.491 e. The van der Waals surface area contributed by atoms with Crippen molar-refractivity contribution in [3.63, 3.8) is 0 Å². The molecule has 0 radical (unpaired) electrons. The fourth-order valence-corrected chi connectivity index (χ4v) is 1.47. The van der Waals surface area contributed by atoms with E-state index in [0.29, 0.717) is 39.6 Å². The number of nitrogens with two attached hydrogens (primary N) is 1. The third kappa shape index (κ3) is 8.74. The molecule has 0 atom stereocenters. The Kier molecular flexibility index (Phi) is 9.65. The smallest absolute Gasteiger partial charge is 0.119 e. The highest BCUT2D eigenvalue weighted by Crippen LogP contribution is 2.12. The van der Waals surface area contributed by atoms with Crippen LogP contribution in [-0.4, -0.2) is 46.2 Å². The zero-order valence-corrected chi connectivity index (χ0v) is 12.2. The van der Waals surface area contributed by atoms with Gasteiger partial charge in [0.2, 0.25) is 0 Å². The molecule has 20 heavy (non-hydrogen) atoms. The van der Waals surface area contributed by atoms with Gasteiger partial charge in [0.1, 0.15) is 12.4 Å². The first-order chi connectivity index (χ1) is 9.83. The molecule has 0 aliphatic carbocycles. The average Bonchev–Trinajstić information content (AvgIpc) is 2.47. The molecule has 0 unspecified atom stereocenters. The van der Waals surface area contributed by atoms with Crippen LogP contribution in [0.25, 0.3) is 0 Å². The number of rotatable bonds is 12. The molecule has 1 aromatic carbocycles. The van der Waals surface area contributed by atoms with Gasteiger partial charge in [0.25, 0.3) is 0 Å². The molecule has 5 heteroatoms. The van der Waals surface area contributed by atoms with Crippen molar-refractivity contribution in [3.8, 4) is 5.75 Å². The molecule has 1 aromatic rings. The van der Waals surface area contributed by atoms with E-state index in [1.807, 2.05) is 24.3 Å². The van der Waals surface area contributed by atoms with E-state index in [4.69, 9.17) is 24.7 Å². The summed E-state index contributed by atoms with van der Waals surface area (Å²) in [7, 11) is 0. The molecule has 1 rings (SSSR count). The van der Waals surface area contributed by atoms with Crippen LogP contribution in [0.1, 0.15) is 13.3 Å². The SMILES string of the molecule is CCCOCCOCCOCCOc1ccc(N)cc1. The number of hydrogen-bond acceptors (Lipinski definition) is 5. The zero-order chi connectivity index (χ0) is 14.5. The van der Waals surface area contributed by atoms with Crippen molar-refractivity contribution in [3.05, 3.63) is 24.3 Å². The maximum atomic E-state index is 5.58. The molecule has 0 amide bonds. The lowest BCUT2D eigenvalue weighted by Crippen LogP contribution is -2.12. The van der Waals surface area contributed by atoms with E-state index < -0.39 is 0 Å². The summed E-state index contributed by atoms with van der Waals surface area (Å²) in [6, 6.07) is 7.30. The quantitative estimate of drug-likeness (QED) is 0.470. The van der Waals surface area contributed by atoms with Gasteiger partial charge in [-0.2, -0.15) is 0 Å². The predicted octanol–water partition coefficient (Wildman–Crippen LogP) is 2.11. The second-order valence-electron chi connectivity index (χ2n) is 4.25. The second kappa shape index (κ2) is 11.5. The van der Waals surface area contributed by atoms with Gasteiger partial charge in [0, 0.05) is 12.3 Å². The Hall–Kier alpha value is -1.30. The van der Waals surface area contributed by atoms with Crippen LogP contribution in [0.4, 0.5) is 5.69 Å². The molecule has 5 nitrogen and oxygen atoms in total. The standard InChI is InChI=1S/C15H25NO4/c1-2-7-17-8-9-18-10-11-19-12-13-20-15-5-3-14(16)4-6-15/h3-6H,2,7-13,16H2,1H3. The van der Waals surface area contributed by atoms with E-state index in [-0.39, 0.29) is 0 Å². The summed E-state index contributed by atoms with van der Waals surface area (Å²) in [4.78, 5) is 0. The lowest BCUT2D eigenvalue weighted by atomic mass is 10.3. The molecule has 0 aliphatic heterocycles. The van der Waals surface area contributed by atoms with Gasteiger partial charge in [-0.15, -0.1) is 0 Å². The van der Waals surface area contributed by atoms with Gasteiger partial charge < -0.3 is 24.7 Å². The number of benzene rings is 1. The second-order valence-corrected chi connectivity index (χ2v) is 4.25. The molecule has 0 fully saturated rings. The number of nitrogen functional groups attached to an aromatic ring is 1. The first-order valence-corrected chi connectivity index (χ1v) is 7.04. The van der Waals surface area contributed by atoms with Gasteiger partial charge in [0.05, 0.1) is 33.0 Å². The third-order valence-electron chi connectivity index (χ3n) is 2.47. The normalized spacial score (nSPS) is 10.7. The Labute approximate surface area is 121 Å². The van der Waals surface area contributed by atoms with Gasteiger partial charge in [-0.1, -0.05) is 6.92 Å². The maximum absolute atomic E-state index is 5.58. The van der Waals surface area contributed by atoms with Crippen molar-refractivity contribution in [1.29, 1.82) is 0 Å². The van der Waals surface area contributed by atoms with Crippen LogP contribution in [0.15, 0.2) is 24.3 Å². The van der Waals surface area contributed by atoms with Gasteiger partial charge >= 0.3 is 0 Å². The van der Waals surface area contributed by atoms with E-state index in [2.05, 4.69) is 6.92 Å². The third-order valence-corrected chi connectivity index (χ3v) is 2.47. The van der Waals surface area contributed by atoms with E-state index in [1.54, 1.807) is 0 Å². The van der Waals surface area contributed by atoms with Gasteiger partial charge in [0.15, 0.2) is 0 Å². The van der Waals surface area contributed by atoms with Crippen LogP contribution in [0.2, 0.25) is 0 Å². The van der Waals surface area contributed by atoms with Gasteiger partial charge in [-0.05, 0) is 30.7 Å². The Morgan fingerprint density at radius 2 is 1.25 bits per heavy atom. The first kappa shape index (κ1) is 16.8. The number of anilines is 1. The highest BCUT2D eigenvalue weighted by atomic mass is 16.6. The minimum absolute atomic E-state index is 0.517. The maximum Gasteiger partial charge on any atom is 0.119 e. The molecule has 0 aromatic heterocycles. The van der Waals surface area contributed by atoms with Crippen LogP contribution >= 0.6 is 0 Å². The molecular formula is C15H25NO4. The van der Waals surface area contributed by atoms with Gasteiger partial charge in [-0.25, -0.2) is 0 Å². The van der Waals surface area contributed by atoms with Crippen molar-refractivity contribution in [2.24, 2.45) is 0 Å². The van der Waals surface area contributed by atoms with Crippen LogP contribution in [-0.2, 0) is 14.2 Å². The summed E-state index contributed by atoms with van der Waals surface area (Å²) in [6.07, 6.45) is 1.04. The van der Waals surface area contributed by atoms with Crippen LogP contribution in [0.3, 0.4) is 0 Å². The van der Waals surface area contributed by atoms with E-state index in [0.717, 1.165) is 24.5 Å². The highest BCUT2D eigenvalue weighted by molar-refractivity contribution is 5.41. The summed E-state index contributed by atoms with van der Waals surface area (Å²) >= 11 is 0. The van der Waals surface area contributed by atoms with E-state index in [1.165, 1.54) is 0 Å². The molecule has 0 saturated carbocycles. The van der Waals surface area contributed by atoms with Crippen molar-refractivity contribution in [2.75, 3.05) is 52.0 Å². The summed E-state index contributed by atoms with van der Waals surface area (Å²) < 4.78 is 21.5. The van der Waals surface area contributed by atoms with Crippen LogP contribution < -0.4 is 10.5 Å². The lowest BCUT2D eigenvalue weighted by molar-refractivity contribution is 0.00945. The fourth-order valence-electron chi connectivity index (χ4n) is 1.47. The molecule has 0 aliphatic rings. The summed E-state index contributed by atoms with van der Waals surface area (Å²) in [5, 5.41) is 0. The predicted molar refractivity (Wildman–Crippen MR) is 79.1 cm³/mol. The highest BCUT2D eigenvalue weighted by Gasteiger charge is 1.94. The van der Waals surface area contributed by atoms with E-state index in [9.17, 15) is 0 Å². The molecule has 0 spiro atoms. The zero-order valence-electron chi connectivity index (χ0n) is 12.2. The Morgan fingerprint density at radius 1 is 0.750 bits per heavy atom. The summed E-state index contributed by atoms with van der Waals surface area (Å²) in [5.74, 6) is 0.798. The van der Waals surface area contributed by atoms with Crippen molar-refractivity contribution in [1.82, 2.24) is 0 Å². The molecule has 2 N–H and O–H groups in total. The van der Waals surface area contributed by atoms with E-state index >= 15 is 0 Å². The Morgan fingerprint density at radius 3 is 1.80 bits per heavy atom. The summed E-state index contributed by atoms with van der Waals surface area (Å²) in [6.45, 7) is 6.35. The molecule has 0 heterocycles. The molecule has 0 bridgehead atoms. The van der Waals surface area contributed by atoms with Crippen molar-refractivity contribution < 1.29 is 18.9 Å². The number of hydrogen-bond donors (Lipinski definition) is 1. The molecule has 0 saturated heterocycles. The minimum atomic E-state index is 0.517. The Balaban J connectivity index is 1.84.